The highest BCUT2D eigenvalue weighted by atomic mass is 35.5. The first-order chi connectivity index (χ1) is 39.5. The van der Waals surface area contributed by atoms with E-state index in [0.29, 0.717) is 32.2 Å². The van der Waals surface area contributed by atoms with Crippen LogP contribution in [0.3, 0.4) is 0 Å². The van der Waals surface area contributed by atoms with Crippen LogP contribution in [0.25, 0.3) is 21.2 Å². The van der Waals surface area contributed by atoms with Gasteiger partial charge in [-0.15, -0.1) is 11.3 Å². The molecule has 6 aliphatic rings. The third-order valence-electron chi connectivity index (χ3n) is 18.0. The molecule has 434 valence electrons. The molecule has 17 nitrogen and oxygen atoms in total. The van der Waals surface area contributed by atoms with E-state index in [9.17, 15) is 29.5 Å². The number of amides is 4. The van der Waals surface area contributed by atoms with Gasteiger partial charge in [0.05, 0.1) is 69.7 Å². The fraction of sp³-hybridized carbons (Fsp3) is 0.556. The number of nitrogens with zero attached hydrogens (tertiary/aromatic N) is 8. The molecule has 5 aromatic rings. The van der Waals surface area contributed by atoms with Crippen LogP contribution < -0.4 is 20.3 Å². The third kappa shape index (κ3) is 12.6. The number of β-amino-alcohol motifs (C(OH)–C–C–N with tert-alkyl or cyclic N) is 1. The lowest BCUT2D eigenvalue weighted by Crippen LogP contribution is -2.60. The second kappa shape index (κ2) is 24.5. The molecule has 1 spiro atoms. The van der Waals surface area contributed by atoms with Crippen LogP contribution in [0.5, 0.6) is 6.01 Å². The highest BCUT2D eigenvalue weighted by Crippen LogP contribution is 2.52. The zero-order chi connectivity index (χ0) is 57.3. The van der Waals surface area contributed by atoms with E-state index in [1.165, 1.54) is 10.5 Å². The first-order valence-electron chi connectivity index (χ1n) is 29.5. The van der Waals surface area contributed by atoms with E-state index < -0.39 is 29.5 Å². The Bertz CT molecular complexity index is 3200. The Labute approximate surface area is 490 Å². The average molecular weight is 1150 g/mol. The standard InChI is InChI=1S/C63H77ClN10O7S/c1-39-56(82-38-67-39)42-18-16-40(17-19-42)32-66-58(77)52-29-46(75)33-74(52)60(79)57(62(2,3)4)69-53(76)21-27-80-26-9-24-71-23-8-13-45(71)35-81-61-68-50-34-72(51-15-6-11-41-10-5-14-49(64)54(41)51)25-20-47(50)55(70-61)43-12-7-22-63(30-43)36-73(37-63)59(78)48-28-44(48)31-65/h5-6,10-11,14-19,38,43-46,48,52,57,75H,7-9,12-13,20-30,32-37H2,1-4H3,(H,66,77)(H,69,76)/t43?,44?,45-,46+,48?,52-,57+/m0/s1. The summed E-state index contributed by atoms with van der Waals surface area (Å²) in [4.78, 5) is 78.6. The van der Waals surface area contributed by atoms with Crippen LogP contribution in [0.15, 0.2) is 66.2 Å². The molecule has 5 fully saturated rings. The number of carbonyl (C=O) groups excluding carboxylic acids is 4. The number of carbonyl (C=O) groups is 4. The number of thiazole rings is 1. The molecule has 82 heavy (non-hydrogen) atoms. The minimum atomic E-state index is -0.927. The molecule has 3 aromatic carbocycles. The van der Waals surface area contributed by atoms with E-state index >= 15 is 0 Å². The van der Waals surface area contributed by atoms with Gasteiger partial charge in [-0.05, 0) is 104 Å². The van der Waals surface area contributed by atoms with Gasteiger partial charge < -0.3 is 39.9 Å². The summed E-state index contributed by atoms with van der Waals surface area (Å²) in [6.07, 6.45) is 7.76. The third-order valence-corrected chi connectivity index (χ3v) is 19.3. The average Bonchev–Trinajstić information content (AvgIpc) is 3.44. The van der Waals surface area contributed by atoms with Crippen molar-refractivity contribution in [1.82, 2.24) is 40.3 Å². The van der Waals surface area contributed by atoms with Crippen LogP contribution in [-0.4, -0.2) is 142 Å². The Morgan fingerprint density at radius 2 is 1.80 bits per heavy atom. The monoisotopic (exact) mass is 1150 g/mol. The minimum Gasteiger partial charge on any atom is -0.462 e. The maximum atomic E-state index is 14.2. The lowest BCUT2D eigenvalue weighted by Gasteiger charge is -2.54. The molecule has 2 aromatic heterocycles. The van der Waals surface area contributed by atoms with Gasteiger partial charge in [-0.3, -0.25) is 24.1 Å². The summed E-state index contributed by atoms with van der Waals surface area (Å²) in [6, 6.07) is 21.4. The molecule has 4 aliphatic heterocycles. The molecule has 0 bridgehead atoms. The summed E-state index contributed by atoms with van der Waals surface area (Å²) in [7, 11) is 0. The Hall–Kier alpha value is -6.23. The topological polar surface area (TPSA) is 206 Å². The number of benzene rings is 3. The number of fused-ring (bicyclic) bond motifs is 2. The number of hydrogen-bond donors (Lipinski definition) is 3. The molecule has 3 unspecified atom stereocenters. The van der Waals surface area contributed by atoms with Crippen molar-refractivity contribution in [3.63, 3.8) is 0 Å². The number of aryl methyl sites for hydroxylation is 1. The molecule has 2 aliphatic carbocycles. The van der Waals surface area contributed by atoms with Crippen LogP contribution in [-0.2, 0) is 43.4 Å². The van der Waals surface area contributed by atoms with Crippen molar-refractivity contribution in [2.24, 2.45) is 22.7 Å². The van der Waals surface area contributed by atoms with Gasteiger partial charge in [0.15, 0.2) is 0 Å². The molecule has 19 heteroatoms. The van der Waals surface area contributed by atoms with Gasteiger partial charge in [-0.1, -0.05) is 87.3 Å². The molecule has 11 rings (SSSR count). The molecule has 4 amide bonds. The van der Waals surface area contributed by atoms with Crippen molar-refractivity contribution in [2.45, 2.75) is 142 Å². The summed E-state index contributed by atoms with van der Waals surface area (Å²) in [5.41, 5.74) is 8.53. The van der Waals surface area contributed by atoms with E-state index in [4.69, 9.17) is 31.0 Å². The number of halogens is 1. The highest BCUT2D eigenvalue weighted by molar-refractivity contribution is 7.13. The number of aliphatic hydroxyl groups excluding tert-OH is 1. The second-order valence-electron chi connectivity index (χ2n) is 25.0. The second-order valence-corrected chi connectivity index (χ2v) is 26.2. The Kier molecular flexibility index (Phi) is 17.2. The summed E-state index contributed by atoms with van der Waals surface area (Å²) in [6.45, 7) is 13.6. The number of rotatable bonds is 19. The van der Waals surface area contributed by atoms with Crippen molar-refractivity contribution in [3.8, 4) is 22.5 Å². The predicted molar refractivity (Wildman–Crippen MR) is 315 cm³/mol. The lowest BCUT2D eigenvalue weighted by molar-refractivity contribution is -0.147. The first-order valence-corrected chi connectivity index (χ1v) is 30.8. The fourth-order valence-corrected chi connectivity index (χ4v) is 14.6. The van der Waals surface area contributed by atoms with E-state index in [1.807, 2.05) is 74.5 Å². The number of hydrogen-bond acceptors (Lipinski definition) is 14. The van der Waals surface area contributed by atoms with Gasteiger partial charge in [0.2, 0.25) is 23.6 Å². The Morgan fingerprint density at radius 1 is 1.00 bits per heavy atom. The molecule has 0 radical (unpaired) electrons. The highest BCUT2D eigenvalue weighted by Gasteiger charge is 2.54. The normalized spacial score (nSPS) is 23.5. The summed E-state index contributed by atoms with van der Waals surface area (Å²) >= 11 is 8.44. The quantitative estimate of drug-likeness (QED) is 0.0666. The van der Waals surface area contributed by atoms with Crippen LogP contribution in [0.1, 0.15) is 119 Å². The molecule has 3 N–H and O–H groups in total. The minimum absolute atomic E-state index is 0.0000851. The summed E-state index contributed by atoms with van der Waals surface area (Å²) in [5.74, 6) is -0.963. The van der Waals surface area contributed by atoms with Crippen molar-refractivity contribution >= 4 is 63.0 Å². The van der Waals surface area contributed by atoms with E-state index in [0.717, 1.165) is 139 Å². The van der Waals surface area contributed by atoms with Gasteiger partial charge in [0, 0.05) is 87.2 Å². The molecule has 2 saturated carbocycles. The van der Waals surface area contributed by atoms with E-state index in [2.05, 4.69) is 55.8 Å². The van der Waals surface area contributed by atoms with E-state index in [1.54, 1.807) is 11.3 Å². The SMILES string of the molecule is Cc1ncsc1-c1ccc(CNC(=O)[C@@H]2C[C@@H](O)CN2C(=O)[C@@H](NC(=O)CCOCCCN2CCC[C@H]2COc2nc3c(c(C4CCCC5(C4)CN(C(=O)C4CC4C#N)C5)n2)CCN(c2cccc4cccc(Cl)c24)C3)C(C)(C)C)cc1. The van der Waals surface area contributed by atoms with Crippen molar-refractivity contribution in [2.75, 3.05) is 64.0 Å². The molecular weight excluding hydrogens is 1080 g/mol. The summed E-state index contributed by atoms with van der Waals surface area (Å²) < 4.78 is 12.7. The zero-order valence-electron chi connectivity index (χ0n) is 47.7. The van der Waals surface area contributed by atoms with Crippen LogP contribution in [0.2, 0.25) is 5.02 Å². The number of aromatic nitrogens is 3. The fourth-order valence-electron chi connectivity index (χ4n) is 13.5. The summed E-state index contributed by atoms with van der Waals surface area (Å²) in [5, 5.41) is 28.9. The number of ether oxygens (including phenoxy) is 2. The van der Waals surface area contributed by atoms with Crippen LogP contribution in [0.4, 0.5) is 5.69 Å². The first kappa shape index (κ1) is 57.6. The van der Waals surface area contributed by atoms with Crippen molar-refractivity contribution in [3.05, 3.63) is 99.4 Å². The van der Waals surface area contributed by atoms with Crippen molar-refractivity contribution < 1.29 is 33.8 Å². The molecular formula is C63H77ClN10O7S. The van der Waals surface area contributed by atoms with Gasteiger partial charge in [-0.2, -0.15) is 15.2 Å². The van der Waals surface area contributed by atoms with Gasteiger partial charge in [0.25, 0.3) is 0 Å². The maximum absolute atomic E-state index is 14.2. The number of nitrogens with one attached hydrogen (secondary N) is 2. The Morgan fingerprint density at radius 3 is 2.56 bits per heavy atom. The largest absolute Gasteiger partial charge is 0.462 e. The van der Waals surface area contributed by atoms with Gasteiger partial charge >= 0.3 is 6.01 Å². The smallest absolute Gasteiger partial charge is 0.316 e. The van der Waals surface area contributed by atoms with Crippen molar-refractivity contribution in [1.29, 1.82) is 5.26 Å². The Balaban J connectivity index is 0.669. The lowest BCUT2D eigenvalue weighted by atomic mass is 9.64. The van der Waals surface area contributed by atoms with Crippen LogP contribution >= 0.6 is 22.9 Å². The molecule has 3 saturated heterocycles. The number of anilines is 1. The number of nitriles is 1. The van der Waals surface area contributed by atoms with E-state index in [-0.39, 0.29) is 79.5 Å². The van der Waals surface area contributed by atoms with Gasteiger partial charge in [-0.25, -0.2) is 4.98 Å². The van der Waals surface area contributed by atoms with Crippen LogP contribution in [0, 0.1) is 40.9 Å². The number of aliphatic hydroxyl groups is 1. The molecule has 7 atom stereocenters. The molecule has 6 heterocycles. The predicted octanol–water partition coefficient (Wildman–Crippen LogP) is 8.37. The van der Waals surface area contributed by atoms with Gasteiger partial charge in [0.1, 0.15) is 18.7 Å². The zero-order valence-corrected chi connectivity index (χ0v) is 49.3. The maximum Gasteiger partial charge on any atom is 0.316 e. The number of likely N-dealkylation sites (tertiary alicyclic amines) is 3.